The Labute approximate surface area is 123 Å². The number of ketones is 1. The first-order chi connectivity index (χ1) is 8.56. The molecule has 0 N–H and O–H groups in total. The lowest BCUT2D eigenvalue weighted by Crippen LogP contribution is -2.06. The Morgan fingerprint density at radius 3 is 2.72 bits per heavy atom. The molecule has 2 rings (SSSR count). The van der Waals surface area contributed by atoms with Crippen LogP contribution in [-0.2, 0) is 6.42 Å². The average molecular weight is 345 g/mol. The van der Waals surface area contributed by atoms with Crippen LogP contribution in [0, 0.1) is 0 Å². The molecule has 1 aromatic heterocycles. The van der Waals surface area contributed by atoms with Crippen molar-refractivity contribution in [1.29, 1.82) is 0 Å². The first kappa shape index (κ1) is 13.5. The van der Waals surface area contributed by atoms with Crippen molar-refractivity contribution < 1.29 is 4.79 Å². The third-order valence-electron chi connectivity index (χ3n) is 2.33. The number of hydrogen-bond donors (Lipinski definition) is 0. The van der Waals surface area contributed by atoms with Crippen molar-refractivity contribution in [3.8, 4) is 0 Å². The van der Waals surface area contributed by atoms with Crippen molar-refractivity contribution in [2.75, 3.05) is 0 Å². The number of benzene rings is 1. The zero-order chi connectivity index (χ0) is 13.1. The predicted octanol–water partition coefficient (Wildman–Crippen LogP) is 4.58. The van der Waals surface area contributed by atoms with E-state index in [1.165, 1.54) is 12.3 Å². The van der Waals surface area contributed by atoms with Crippen LogP contribution in [0.15, 0.2) is 41.0 Å². The molecular formula is C13H8BrCl2NO. The van der Waals surface area contributed by atoms with Crippen LogP contribution < -0.4 is 0 Å². The maximum atomic E-state index is 12.1. The number of rotatable bonds is 3. The number of nitrogens with zero attached hydrogens (tertiary/aromatic N) is 1. The molecule has 2 aromatic rings. The number of carbonyl (C=O) groups excluding carboxylic acids is 1. The second-order valence-corrected chi connectivity index (χ2v) is 5.47. The van der Waals surface area contributed by atoms with E-state index >= 15 is 0 Å². The maximum Gasteiger partial charge on any atom is 0.187 e. The third kappa shape index (κ3) is 3.31. The Hall–Kier alpha value is -0.900. The van der Waals surface area contributed by atoms with Crippen LogP contribution in [0.2, 0.25) is 10.0 Å². The normalized spacial score (nSPS) is 10.4. The van der Waals surface area contributed by atoms with Gasteiger partial charge in [0.25, 0.3) is 0 Å². The second-order valence-electron chi connectivity index (χ2n) is 3.71. The van der Waals surface area contributed by atoms with Crippen LogP contribution in [0.4, 0.5) is 0 Å². The fourth-order valence-corrected chi connectivity index (χ4v) is 2.47. The van der Waals surface area contributed by atoms with Crippen LogP contribution >= 0.6 is 39.1 Å². The van der Waals surface area contributed by atoms with Gasteiger partial charge in [-0.1, -0.05) is 51.3 Å². The Morgan fingerprint density at radius 2 is 2.06 bits per heavy atom. The molecule has 5 heteroatoms. The fraction of sp³-hybridized carbons (Fsp3) is 0.0769. The predicted molar refractivity (Wildman–Crippen MR) is 76.4 cm³/mol. The minimum absolute atomic E-state index is 0.130. The van der Waals surface area contributed by atoms with E-state index in [0.29, 0.717) is 5.02 Å². The van der Waals surface area contributed by atoms with Gasteiger partial charge in [-0.2, -0.15) is 0 Å². The maximum absolute atomic E-state index is 12.1. The minimum atomic E-state index is -0.130. The van der Waals surface area contributed by atoms with Gasteiger partial charge in [0, 0.05) is 17.1 Å². The first-order valence-corrected chi connectivity index (χ1v) is 6.70. The third-order valence-corrected chi connectivity index (χ3v) is 3.31. The Bertz CT molecular complexity index is 601. The van der Waals surface area contributed by atoms with Crippen LogP contribution in [-0.4, -0.2) is 10.8 Å². The summed E-state index contributed by atoms with van der Waals surface area (Å²) in [5.41, 5.74) is 1.16. The summed E-state index contributed by atoms with van der Waals surface area (Å²) in [5.74, 6) is -0.130. The molecule has 18 heavy (non-hydrogen) atoms. The van der Waals surface area contributed by atoms with E-state index in [4.69, 9.17) is 23.2 Å². The topological polar surface area (TPSA) is 30.0 Å². The smallest absolute Gasteiger partial charge is 0.187 e. The van der Waals surface area contributed by atoms with E-state index in [9.17, 15) is 4.79 Å². The fourth-order valence-electron chi connectivity index (χ4n) is 1.54. The van der Waals surface area contributed by atoms with Crippen LogP contribution in [0.25, 0.3) is 0 Å². The number of carbonyl (C=O) groups is 1. The van der Waals surface area contributed by atoms with E-state index in [-0.39, 0.29) is 22.9 Å². The van der Waals surface area contributed by atoms with Crippen molar-refractivity contribution in [2.45, 2.75) is 6.42 Å². The van der Waals surface area contributed by atoms with Gasteiger partial charge in [0.15, 0.2) is 5.78 Å². The number of Topliss-reactive ketones (excluding diaryl/α,β-unsaturated/α-hetero) is 1. The second kappa shape index (κ2) is 5.83. The minimum Gasteiger partial charge on any atom is -0.292 e. The highest BCUT2D eigenvalue weighted by atomic mass is 79.9. The van der Waals surface area contributed by atoms with E-state index in [2.05, 4.69) is 20.9 Å². The molecule has 1 aromatic carbocycles. The number of aromatic nitrogens is 1. The molecule has 0 spiro atoms. The molecule has 0 amide bonds. The molecule has 0 aliphatic rings. The summed E-state index contributed by atoms with van der Waals surface area (Å²) in [6.45, 7) is 0. The van der Waals surface area contributed by atoms with Gasteiger partial charge >= 0.3 is 0 Å². The summed E-state index contributed by atoms with van der Waals surface area (Å²) in [7, 11) is 0. The van der Waals surface area contributed by atoms with Crippen LogP contribution in [0.3, 0.4) is 0 Å². The van der Waals surface area contributed by atoms with Gasteiger partial charge in [-0.15, -0.1) is 0 Å². The lowest BCUT2D eigenvalue weighted by molar-refractivity contribution is 0.0988. The largest absolute Gasteiger partial charge is 0.292 e. The molecule has 0 fully saturated rings. The molecule has 2 nitrogen and oxygen atoms in total. The van der Waals surface area contributed by atoms with Gasteiger partial charge < -0.3 is 0 Å². The molecule has 0 aliphatic heterocycles. The quantitative estimate of drug-likeness (QED) is 0.763. The van der Waals surface area contributed by atoms with Gasteiger partial charge in [-0.25, -0.2) is 4.98 Å². The zero-order valence-electron chi connectivity index (χ0n) is 9.16. The Morgan fingerprint density at radius 1 is 1.28 bits per heavy atom. The molecule has 1 heterocycles. The van der Waals surface area contributed by atoms with Crippen molar-refractivity contribution >= 4 is 44.9 Å². The standard InChI is InChI=1S/C13H8BrCl2NO/c14-9-3-1-2-8(4-9)5-12(18)13-11(16)6-10(15)7-17-13/h1-4,6-7H,5H2. The highest BCUT2D eigenvalue weighted by Gasteiger charge is 2.13. The number of halogens is 3. The molecule has 92 valence electrons. The summed E-state index contributed by atoms with van der Waals surface area (Å²) < 4.78 is 0.933. The van der Waals surface area contributed by atoms with E-state index in [1.807, 2.05) is 24.3 Å². The van der Waals surface area contributed by atoms with Crippen molar-refractivity contribution in [2.24, 2.45) is 0 Å². The lowest BCUT2D eigenvalue weighted by Gasteiger charge is -2.03. The molecule has 0 radical (unpaired) electrons. The van der Waals surface area contributed by atoms with Gasteiger partial charge in [-0.3, -0.25) is 4.79 Å². The van der Waals surface area contributed by atoms with Crippen molar-refractivity contribution in [3.63, 3.8) is 0 Å². The average Bonchev–Trinajstić information content (AvgIpc) is 2.28. The molecule has 0 unspecified atom stereocenters. The zero-order valence-corrected chi connectivity index (χ0v) is 12.3. The molecule has 0 aliphatic carbocycles. The van der Waals surface area contributed by atoms with E-state index in [0.717, 1.165) is 10.0 Å². The molecule has 0 saturated carbocycles. The monoisotopic (exact) mass is 343 g/mol. The summed E-state index contributed by atoms with van der Waals surface area (Å²) in [5, 5.41) is 0.696. The summed E-state index contributed by atoms with van der Waals surface area (Å²) in [6, 6.07) is 9.07. The number of hydrogen-bond acceptors (Lipinski definition) is 2. The summed E-state index contributed by atoms with van der Waals surface area (Å²) >= 11 is 15.0. The molecule has 0 saturated heterocycles. The highest BCUT2D eigenvalue weighted by molar-refractivity contribution is 9.10. The SMILES string of the molecule is O=C(Cc1cccc(Br)c1)c1ncc(Cl)cc1Cl. The Kier molecular flexibility index (Phi) is 4.38. The lowest BCUT2D eigenvalue weighted by atomic mass is 10.1. The van der Waals surface area contributed by atoms with Gasteiger partial charge in [0.1, 0.15) is 5.69 Å². The van der Waals surface area contributed by atoms with E-state index < -0.39 is 0 Å². The van der Waals surface area contributed by atoms with Gasteiger partial charge in [0.05, 0.1) is 10.0 Å². The highest BCUT2D eigenvalue weighted by Crippen LogP contribution is 2.20. The van der Waals surface area contributed by atoms with Crippen molar-refractivity contribution in [1.82, 2.24) is 4.98 Å². The summed E-state index contributed by atoms with van der Waals surface area (Å²) in [6.07, 6.45) is 1.68. The molecule has 0 bridgehead atoms. The summed E-state index contributed by atoms with van der Waals surface area (Å²) in [4.78, 5) is 16.0. The van der Waals surface area contributed by atoms with Gasteiger partial charge in [-0.05, 0) is 23.8 Å². The molecular weight excluding hydrogens is 337 g/mol. The van der Waals surface area contributed by atoms with Crippen LogP contribution in [0.5, 0.6) is 0 Å². The number of pyridine rings is 1. The molecule has 0 atom stereocenters. The van der Waals surface area contributed by atoms with Crippen LogP contribution in [0.1, 0.15) is 16.1 Å². The Balaban J connectivity index is 2.22. The van der Waals surface area contributed by atoms with E-state index in [1.54, 1.807) is 0 Å². The van der Waals surface area contributed by atoms with Crippen molar-refractivity contribution in [3.05, 3.63) is 62.3 Å². The first-order valence-electron chi connectivity index (χ1n) is 5.15. The van der Waals surface area contributed by atoms with Gasteiger partial charge in [0.2, 0.25) is 0 Å².